The summed E-state index contributed by atoms with van der Waals surface area (Å²) in [5.74, 6) is -0.502. The zero-order valence-electron chi connectivity index (χ0n) is 16.2. The molecule has 0 aliphatic heterocycles. The van der Waals surface area contributed by atoms with Gasteiger partial charge >= 0.3 is 0 Å². The topological polar surface area (TPSA) is 88.4 Å². The molecule has 0 saturated carbocycles. The summed E-state index contributed by atoms with van der Waals surface area (Å²) in [6.07, 6.45) is 5.20. The van der Waals surface area contributed by atoms with Crippen molar-refractivity contribution in [2.75, 3.05) is 14.2 Å². The van der Waals surface area contributed by atoms with Gasteiger partial charge in [-0.2, -0.15) is 0 Å². The number of aromatic nitrogens is 1. The van der Waals surface area contributed by atoms with E-state index in [1.165, 1.54) is 29.5 Å². The smallest absolute Gasteiger partial charge is 0.263 e. The minimum absolute atomic E-state index is 0.0367. The van der Waals surface area contributed by atoms with Gasteiger partial charge in [0.15, 0.2) is 6.29 Å². The first-order chi connectivity index (χ1) is 13.0. The molecule has 27 heavy (non-hydrogen) atoms. The molecule has 1 amide bonds. The summed E-state index contributed by atoms with van der Waals surface area (Å²) in [4.78, 5) is 35.6. The number of allylic oxidation sites excluding steroid dienone is 2. The zero-order valence-corrected chi connectivity index (χ0v) is 16.2. The van der Waals surface area contributed by atoms with Gasteiger partial charge in [-0.05, 0) is 42.2 Å². The lowest BCUT2D eigenvalue weighted by Crippen LogP contribution is -2.31. The van der Waals surface area contributed by atoms with Gasteiger partial charge in [0, 0.05) is 25.9 Å². The molecule has 6 heteroatoms. The lowest BCUT2D eigenvalue weighted by atomic mass is 10.0. The number of aliphatic hydroxyl groups is 1. The minimum atomic E-state index is -0.502. The Hall–Kier alpha value is -2.99. The molecule has 0 aliphatic rings. The number of hydrogen-bond donors (Lipinski definition) is 2. The monoisotopic (exact) mass is 370 g/mol. The van der Waals surface area contributed by atoms with Gasteiger partial charge in [-0.25, -0.2) is 0 Å². The standard InChI is InChI=1S/C20H22N2O3.CH4O/c1-4-6-14(2)17-8-5-7-15(9-17)11-22-12-16(13-23)10-18(20(22)25)19(24)21-3;1-2/h5-10,12-13H,4,11H2,1-3H3,(H,21,24);2H,1H3/b14-6-;. The molecule has 2 N–H and O–H groups in total. The largest absolute Gasteiger partial charge is 0.400 e. The number of amides is 1. The second-order valence-electron chi connectivity index (χ2n) is 5.81. The van der Waals surface area contributed by atoms with E-state index in [4.69, 9.17) is 5.11 Å². The maximum Gasteiger partial charge on any atom is 0.263 e. The summed E-state index contributed by atoms with van der Waals surface area (Å²) >= 11 is 0. The van der Waals surface area contributed by atoms with Gasteiger partial charge in [-0.3, -0.25) is 14.4 Å². The molecule has 0 atom stereocenters. The van der Waals surface area contributed by atoms with Crippen LogP contribution in [0.5, 0.6) is 0 Å². The molecule has 0 fully saturated rings. The molecule has 0 spiro atoms. The van der Waals surface area contributed by atoms with E-state index in [1.807, 2.05) is 31.2 Å². The molecule has 0 bridgehead atoms. The Balaban J connectivity index is 0.00000176. The van der Waals surface area contributed by atoms with Crippen LogP contribution >= 0.6 is 0 Å². The number of benzene rings is 1. The van der Waals surface area contributed by atoms with E-state index in [1.54, 1.807) is 0 Å². The summed E-state index contributed by atoms with van der Waals surface area (Å²) in [6, 6.07) is 9.20. The van der Waals surface area contributed by atoms with Crippen LogP contribution in [0.4, 0.5) is 0 Å². The highest BCUT2D eigenvalue weighted by molar-refractivity contribution is 5.95. The van der Waals surface area contributed by atoms with Crippen molar-refractivity contribution in [1.29, 1.82) is 0 Å². The third kappa shape index (κ3) is 5.76. The maximum atomic E-state index is 12.5. The Morgan fingerprint density at radius 2 is 1.96 bits per heavy atom. The Bertz CT molecular complexity index is 882. The van der Waals surface area contributed by atoms with E-state index in [9.17, 15) is 14.4 Å². The quantitative estimate of drug-likeness (QED) is 0.765. The number of carbonyl (C=O) groups is 2. The molecule has 2 aromatic rings. The van der Waals surface area contributed by atoms with Crippen LogP contribution in [-0.4, -0.2) is 36.0 Å². The van der Waals surface area contributed by atoms with E-state index in [0.717, 1.165) is 24.7 Å². The van der Waals surface area contributed by atoms with Crippen LogP contribution in [0.1, 0.15) is 52.1 Å². The van der Waals surface area contributed by atoms with Crippen LogP contribution in [0.25, 0.3) is 5.57 Å². The highest BCUT2D eigenvalue weighted by Gasteiger charge is 2.13. The zero-order chi connectivity index (χ0) is 20.4. The third-order valence-electron chi connectivity index (χ3n) is 3.96. The number of aliphatic hydroxyl groups excluding tert-OH is 1. The first-order valence-corrected chi connectivity index (χ1v) is 8.62. The van der Waals surface area contributed by atoms with E-state index in [0.29, 0.717) is 6.29 Å². The number of nitrogens with zero attached hydrogens (tertiary/aromatic N) is 1. The number of nitrogens with one attached hydrogen (secondary N) is 1. The van der Waals surface area contributed by atoms with Crippen molar-refractivity contribution in [3.63, 3.8) is 0 Å². The van der Waals surface area contributed by atoms with E-state index in [-0.39, 0.29) is 17.7 Å². The predicted octanol–water partition coefficient (Wildman–Crippen LogP) is 2.49. The van der Waals surface area contributed by atoms with Crippen LogP contribution in [0, 0.1) is 0 Å². The van der Waals surface area contributed by atoms with Crippen LogP contribution in [-0.2, 0) is 6.54 Å². The Morgan fingerprint density at radius 1 is 1.26 bits per heavy atom. The molecule has 144 valence electrons. The fourth-order valence-electron chi connectivity index (χ4n) is 2.67. The van der Waals surface area contributed by atoms with E-state index >= 15 is 0 Å². The SMILES string of the molecule is CC/C=C(/C)c1cccc(Cn2cc(C=O)cc(C(=O)NC)c2=O)c1.CO. The average molecular weight is 370 g/mol. The average Bonchev–Trinajstić information content (AvgIpc) is 2.70. The number of aldehydes is 1. The Labute approximate surface area is 159 Å². The molecular formula is C21H26N2O4. The van der Waals surface area contributed by atoms with E-state index in [2.05, 4.69) is 18.3 Å². The third-order valence-corrected chi connectivity index (χ3v) is 3.96. The summed E-state index contributed by atoms with van der Waals surface area (Å²) in [6.45, 7) is 4.42. The molecular weight excluding hydrogens is 344 g/mol. The molecule has 1 heterocycles. The summed E-state index contributed by atoms with van der Waals surface area (Å²) < 4.78 is 1.40. The van der Waals surface area contributed by atoms with Crippen molar-refractivity contribution in [3.05, 3.63) is 75.2 Å². The second kappa shape index (κ2) is 10.9. The first-order valence-electron chi connectivity index (χ1n) is 8.62. The first kappa shape index (κ1) is 22.1. The lowest BCUT2D eigenvalue weighted by Gasteiger charge is -2.11. The van der Waals surface area contributed by atoms with Gasteiger partial charge in [0.05, 0.1) is 6.54 Å². The molecule has 0 unspecified atom stereocenters. The van der Waals surface area contributed by atoms with Gasteiger partial charge in [0.1, 0.15) is 5.56 Å². The predicted molar refractivity (Wildman–Crippen MR) is 107 cm³/mol. The lowest BCUT2D eigenvalue weighted by molar-refractivity contribution is 0.0961. The number of rotatable bonds is 6. The van der Waals surface area contributed by atoms with Gasteiger partial charge < -0.3 is 15.0 Å². The van der Waals surface area contributed by atoms with Gasteiger partial charge in [0.25, 0.3) is 11.5 Å². The highest BCUT2D eigenvalue weighted by Crippen LogP contribution is 2.16. The number of pyridine rings is 1. The van der Waals surface area contributed by atoms with Crippen molar-refractivity contribution in [2.45, 2.75) is 26.8 Å². The normalized spacial score (nSPS) is 10.6. The summed E-state index contributed by atoms with van der Waals surface area (Å²) in [7, 11) is 2.45. The second-order valence-corrected chi connectivity index (χ2v) is 5.81. The van der Waals surface area contributed by atoms with Crippen LogP contribution < -0.4 is 10.9 Å². The molecule has 2 rings (SSSR count). The summed E-state index contributed by atoms with van der Waals surface area (Å²) in [5, 5.41) is 9.43. The van der Waals surface area contributed by atoms with Gasteiger partial charge in [-0.15, -0.1) is 0 Å². The van der Waals surface area contributed by atoms with Crippen molar-refractivity contribution in [1.82, 2.24) is 9.88 Å². The number of carbonyl (C=O) groups excluding carboxylic acids is 2. The summed E-state index contributed by atoms with van der Waals surface area (Å²) in [5.41, 5.74) is 3.02. The number of hydrogen-bond acceptors (Lipinski definition) is 4. The van der Waals surface area contributed by atoms with Crippen molar-refractivity contribution in [3.8, 4) is 0 Å². The van der Waals surface area contributed by atoms with E-state index < -0.39 is 11.5 Å². The molecule has 0 radical (unpaired) electrons. The highest BCUT2D eigenvalue weighted by atomic mass is 16.2. The fraction of sp³-hybridized carbons (Fsp3) is 0.286. The van der Waals surface area contributed by atoms with Crippen LogP contribution in [0.15, 0.2) is 47.4 Å². The molecule has 6 nitrogen and oxygen atoms in total. The van der Waals surface area contributed by atoms with Crippen molar-refractivity contribution < 1.29 is 14.7 Å². The molecule has 0 saturated heterocycles. The molecule has 1 aromatic carbocycles. The van der Waals surface area contributed by atoms with Crippen molar-refractivity contribution in [2.24, 2.45) is 0 Å². The maximum absolute atomic E-state index is 12.5. The molecule has 1 aromatic heterocycles. The Morgan fingerprint density at radius 3 is 2.56 bits per heavy atom. The van der Waals surface area contributed by atoms with Gasteiger partial charge in [0.2, 0.25) is 0 Å². The Kier molecular flexibility index (Phi) is 8.89. The van der Waals surface area contributed by atoms with Gasteiger partial charge in [-0.1, -0.05) is 31.2 Å². The van der Waals surface area contributed by atoms with Crippen LogP contribution in [0.3, 0.4) is 0 Å². The minimum Gasteiger partial charge on any atom is -0.400 e. The van der Waals surface area contributed by atoms with Crippen LogP contribution in [0.2, 0.25) is 0 Å². The fourth-order valence-corrected chi connectivity index (χ4v) is 2.67. The molecule has 0 aliphatic carbocycles. The van der Waals surface area contributed by atoms with Crippen molar-refractivity contribution >= 4 is 17.8 Å².